The van der Waals surface area contributed by atoms with Gasteiger partial charge in [-0.25, -0.2) is 4.98 Å². The van der Waals surface area contributed by atoms with Crippen LogP contribution >= 0.6 is 0 Å². The third-order valence-electron chi connectivity index (χ3n) is 1.58. The number of aromatic nitrogens is 1. The Bertz CT molecular complexity index is 284. The van der Waals surface area contributed by atoms with Crippen LogP contribution in [0.5, 0.6) is 5.88 Å². The van der Waals surface area contributed by atoms with Gasteiger partial charge in [0.2, 0.25) is 5.88 Å². The summed E-state index contributed by atoms with van der Waals surface area (Å²) in [5.74, 6) is 0.634. The van der Waals surface area contributed by atoms with E-state index in [4.69, 9.17) is 10.5 Å². The molecule has 3 heteroatoms. The average molecular weight is 178 g/mol. The van der Waals surface area contributed by atoms with E-state index < -0.39 is 0 Å². The first-order valence-electron chi connectivity index (χ1n) is 4.24. The predicted molar refractivity (Wildman–Crippen MR) is 53.5 cm³/mol. The van der Waals surface area contributed by atoms with Crippen LogP contribution in [0.3, 0.4) is 0 Å². The third kappa shape index (κ3) is 3.25. The zero-order valence-electron chi connectivity index (χ0n) is 7.73. The molecule has 3 nitrogen and oxygen atoms in total. The molecule has 1 aromatic rings. The van der Waals surface area contributed by atoms with Gasteiger partial charge in [-0.2, -0.15) is 0 Å². The molecule has 1 aromatic heterocycles. The smallest absolute Gasteiger partial charge is 0.213 e. The molecular weight excluding hydrogens is 164 g/mol. The lowest BCUT2D eigenvalue weighted by Gasteiger charge is -1.98. The average Bonchev–Trinajstić information content (AvgIpc) is 2.19. The monoisotopic (exact) mass is 178 g/mol. The molecule has 1 heterocycles. The van der Waals surface area contributed by atoms with E-state index in [0.29, 0.717) is 12.4 Å². The Morgan fingerprint density at radius 3 is 3.08 bits per heavy atom. The number of nitrogens with two attached hydrogens (primary N) is 1. The van der Waals surface area contributed by atoms with Gasteiger partial charge in [0, 0.05) is 6.07 Å². The van der Waals surface area contributed by atoms with Crippen LogP contribution in [-0.2, 0) is 0 Å². The minimum atomic E-state index is 0.634. The normalized spacial score (nSPS) is 10.6. The number of methoxy groups -OCH3 is 1. The molecule has 0 unspecified atom stereocenters. The number of ether oxygens (including phenoxy) is 1. The zero-order chi connectivity index (χ0) is 9.52. The molecule has 0 aromatic carbocycles. The van der Waals surface area contributed by atoms with E-state index in [1.54, 1.807) is 7.11 Å². The standard InChI is InChI=1S/C10H14N2O/c1-13-10-7-4-6-9(12-10)5-2-3-8-11/h2,4-7H,3,8,11H2,1H3. The minimum absolute atomic E-state index is 0.634. The maximum atomic E-state index is 5.35. The Kier molecular flexibility index (Phi) is 3.99. The van der Waals surface area contributed by atoms with Gasteiger partial charge in [0.15, 0.2) is 0 Å². The SMILES string of the molecule is COc1cccc(C=CCCN)n1. The van der Waals surface area contributed by atoms with Crippen LogP contribution in [0.1, 0.15) is 12.1 Å². The van der Waals surface area contributed by atoms with Crippen molar-refractivity contribution in [2.24, 2.45) is 5.73 Å². The summed E-state index contributed by atoms with van der Waals surface area (Å²) < 4.78 is 4.99. The summed E-state index contributed by atoms with van der Waals surface area (Å²) in [5.41, 5.74) is 6.25. The van der Waals surface area contributed by atoms with Crippen molar-refractivity contribution in [3.8, 4) is 5.88 Å². The number of hydrogen-bond acceptors (Lipinski definition) is 3. The first-order valence-corrected chi connectivity index (χ1v) is 4.24. The Balaban J connectivity index is 2.66. The van der Waals surface area contributed by atoms with Crippen molar-refractivity contribution in [3.05, 3.63) is 30.0 Å². The molecule has 70 valence electrons. The van der Waals surface area contributed by atoms with Crippen LogP contribution in [-0.4, -0.2) is 18.6 Å². The number of hydrogen-bond donors (Lipinski definition) is 1. The summed E-state index contributed by atoms with van der Waals surface area (Å²) in [7, 11) is 1.61. The molecule has 0 aliphatic heterocycles. The largest absolute Gasteiger partial charge is 0.481 e. The lowest BCUT2D eigenvalue weighted by atomic mass is 10.3. The molecule has 0 saturated heterocycles. The van der Waals surface area contributed by atoms with Gasteiger partial charge < -0.3 is 10.5 Å². The van der Waals surface area contributed by atoms with E-state index in [9.17, 15) is 0 Å². The second-order valence-corrected chi connectivity index (χ2v) is 2.58. The molecular formula is C10H14N2O. The molecule has 1 rings (SSSR count). The summed E-state index contributed by atoms with van der Waals surface area (Å²) >= 11 is 0. The van der Waals surface area contributed by atoms with Crippen molar-refractivity contribution in [1.82, 2.24) is 4.98 Å². The molecule has 13 heavy (non-hydrogen) atoms. The Hall–Kier alpha value is -1.35. The van der Waals surface area contributed by atoms with Crippen LogP contribution in [0.2, 0.25) is 0 Å². The van der Waals surface area contributed by atoms with Gasteiger partial charge in [-0.3, -0.25) is 0 Å². The number of nitrogens with zero attached hydrogens (tertiary/aromatic N) is 1. The second-order valence-electron chi connectivity index (χ2n) is 2.58. The van der Waals surface area contributed by atoms with Gasteiger partial charge in [-0.05, 0) is 25.1 Å². The van der Waals surface area contributed by atoms with Gasteiger partial charge in [-0.15, -0.1) is 0 Å². The van der Waals surface area contributed by atoms with E-state index in [2.05, 4.69) is 4.98 Å². The van der Waals surface area contributed by atoms with Crippen molar-refractivity contribution in [3.63, 3.8) is 0 Å². The van der Waals surface area contributed by atoms with Crippen LogP contribution < -0.4 is 10.5 Å². The highest BCUT2D eigenvalue weighted by Gasteiger charge is 1.91. The molecule has 0 atom stereocenters. The van der Waals surface area contributed by atoms with Crippen LogP contribution in [0.15, 0.2) is 24.3 Å². The molecule has 0 fully saturated rings. The molecule has 0 bridgehead atoms. The van der Waals surface area contributed by atoms with E-state index in [1.165, 1.54) is 0 Å². The number of pyridine rings is 1. The minimum Gasteiger partial charge on any atom is -0.481 e. The van der Waals surface area contributed by atoms with Gasteiger partial charge >= 0.3 is 0 Å². The summed E-state index contributed by atoms with van der Waals surface area (Å²) in [4.78, 5) is 4.21. The maximum Gasteiger partial charge on any atom is 0.213 e. The van der Waals surface area contributed by atoms with E-state index >= 15 is 0 Å². The fourth-order valence-electron chi connectivity index (χ4n) is 0.938. The highest BCUT2D eigenvalue weighted by molar-refractivity contribution is 5.45. The molecule has 0 radical (unpaired) electrons. The summed E-state index contributed by atoms with van der Waals surface area (Å²) in [6.07, 6.45) is 4.82. The molecule has 0 amide bonds. The molecule has 0 aliphatic rings. The van der Waals surface area contributed by atoms with E-state index in [-0.39, 0.29) is 0 Å². The van der Waals surface area contributed by atoms with E-state index in [1.807, 2.05) is 30.4 Å². The molecule has 0 saturated carbocycles. The molecule has 2 N–H and O–H groups in total. The van der Waals surface area contributed by atoms with Crippen LogP contribution in [0, 0.1) is 0 Å². The van der Waals surface area contributed by atoms with Crippen molar-refractivity contribution in [2.75, 3.05) is 13.7 Å². The van der Waals surface area contributed by atoms with E-state index in [0.717, 1.165) is 12.1 Å². The van der Waals surface area contributed by atoms with Gasteiger partial charge in [0.25, 0.3) is 0 Å². The third-order valence-corrected chi connectivity index (χ3v) is 1.58. The van der Waals surface area contributed by atoms with Gasteiger partial charge in [0.1, 0.15) is 0 Å². The Morgan fingerprint density at radius 2 is 2.38 bits per heavy atom. The molecule has 0 aliphatic carbocycles. The lowest BCUT2D eigenvalue weighted by Crippen LogP contribution is -1.95. The summed E-state index contributed by atoms with van der Waals surface area (Å²) in [6.45, 7) is 0.667. The van der Waals surface area contributed by atoms with Crippen LogP contribution in [0.25, 0.3) is 6.08 Å². The Morgan fingerprint density at radius 1 is 1.54 bits per heavy atom. The van der Waals surface area contributed by atoms with Gasteiger partial charge in [-0.1, -0.05) is 12.1 Å². The predicted octanol–water partition coefficient (Wildman–Crippen LogP) is 1.45. The second kappa shape index (κ2) is 5.32. The van der Waals surface area contributed by atoms with Crippen molar-refractivity contribution in [1.29, 1.82) is 0 Å². The maximum absolute atomic E-state index is 5.35. The van der Waals surface area contributed by atoms with Crippen molar-refractivity contribution >= 4 is 6.08 Å². The number of rotatable bonds is 4. The molecule has 0 spiro atoms. The van der Waals surface area contributed by atoms with Crippen LogP contribution in [0.4, 0.5) is 0 Å². The quantitative estimate of drug-likeness (QED) is 0.759. The fraction of sp³-hybridized carbons (Fsp3) is 0.300. The first-order chi connectivity index (χ1) is 6.36. The summed E-state index contributed by atoms with van der Waals surface area (Å²) in [5, 5.41) is 0. The summed E-state index contributed by atoms with van der Waals surface area (Å²) in [6, 6.07) is 5.66. The lowest BCUT2D eigenvalue weighted by molar-refractivity contribution is 0.397. The fourth-order valence-corrected chi connectivity index (χ4v) is 0.938. The highest BCUT2D eigenvalue weighted by Crippen LogP contribution is 2.07. The highest BCUT2D eigenvalue weighted by atomic mass is 16.5. The zero-order valence-corrected chi connectivity index (χ0v) is 7.73. The van der Waals surface area contributed by atoms with Crippen molar-refractivity contribution in [2.45, 2.75) is 6.42 Å². The van der Waals surface area contributed by atoms with Gasteiger partial charge in [0.05, 0.1) is 12.8 Å². The topological polar surface area (TPSA) is 48.1 Å². The van der Waals surface area contributed by atoms with Crippen molar-refractivity contribution < 1.29 is 4.74 Å². The Labute approximate surface area is 78.2 Å². The first kappa shape index (κ1) is 9.74.